The van der Waals surface area contributed by atoms with Gasteiger partial charge in [-0.05, 0) is 30.6 Å². The van der Waals surface area contributed by atoms with E-state index in [1.165, 1.54) is 19.3 Å². The van der Waals surface area contributed by atoms with E-state index in [2.05, 4.69) is 6.92 Å². The molecule has 0 aromatic heterocycles. The molecule has 1 rings (SSSR count). The van der Waals surface area contributed by atoms with Crippen LogP contribution in [0.2, 0.25) is 0 Å². The fourth-order valence-electron chi connectivity index (χ4n) is 3.01. The highest BCUT2D eigenvalue weighted by Crippen LogP contribution is 2.35. The van der Waals surface area contributed by atoms with Gasteiger partial charge in [0.25, 0.3) is 0 Å². The number of carbonyl (C=O) groups excluding carboxylic acids is 1. The quantitative estimate of drug-likeness (QED) is 0.599. The summed E-state index contributed by atoms with van der Waals surface area (Å²) in [5, 5.41) is 8.52. The van der Waals surface area contributed by atoms with E-state index in [4.69, 9.17) is 9.84 Å². The van der Waals surface area contributed by atoms with Crippen LogP contribution in [0.5, 0.6) is 0 Å². The third kappa shape index (κ3) is 5.35. The van der Waals surface area contributed by atoms with Crippen molar-refractivity contribution in [2.75, 3.05) is 0 Å². The Kier molecular flexibility index (Phi) is 6.76. The molecule has 1 aliphatic carbocycles. The molecule has 0 spiro atoms. The van der Waals surface area contributed by atoms with Gasteiger partial charge in [-0.2, -0.15) is 0 Å². The summed E-state index contributed by atoms with van der Waals surface area (Å²) in [6.07, 6.45) is 7.52. The van der Waals surface area contributed by atoms with Gasteiger partial charge in [0.1, 0.15) is 6.10 Å². The molecule has 0 aliphatic heterocycles. The van der Waals surface area contributed by atoms with Gasteiger partial charge in [-0.25, -0.2) is 9.59 Å². The summed E-state index contributed by atoms with van der Waals surface area (Å²) in [5.74, 6) is -0.225. The van der Waals surface area contributed by atoms with Crippen molar-refractivity contribution in [2.45, 2.75) is 59.0 Å². The van der Waals surface area contributed by atoms with E-state index in [0.29, 0.717) is 5.92 Å². The van der Waals surface area contributed by atoms with Crippen molar-refractivity contribution in [3.8, 4) is 0 Å². The molecule has 1 atom stereocenters. The van der Waals surface area contributed by atoms with Crippen molar-refractivity contribution in [3.63, 3.8) is 0 Å². The first-order valence-corrected chi connectivity index (χ1v) is 7.55. The molecule has 20 heavy (non-hydrogen) atoms. The number of ether oxygens (including phenoxy) is 1. The summed E-state index contributed by atoms with van der Waals surface area (Å²) in [6, 6.07) is 0. The van der Waals surface area contributed by atoms with Crippen molar-refractivity contribution in [2.24, 2.45) is 17.8 Å². The Labute approximate surface area is 121 Å². The first kappa shape index (κ1) is 16.7. The van der Waals surface area contributed by atoms with Crippen molar-refractivity contribution >= 4 is 11.9 Å². The second kappa shape index (κ2) is 8.08. The Morgan fingerprint density at radius 3 is 2.25 bits per heavy atom. The fourth-order valence-corrected chi connectivity index (χ4v) is 3.01. The molecule has 4 nitrogen and oxygen atoms in total. The van der Waals surface area contributed by atoms with E-state index in [-0.39, 0.29) is 12.0 Å². The number of esters is 1. The van der Waals surface area contributed by atoms with Crippen LogP contribution >= 0.6 is 0 Å². The molecule has 114 valence electrons. The zero-order valence-electron chi connectivity index (χ0n) is 12.7. The maximum Gasteiger partial charge on any atom is 0.331 e. The Balaban J connectivity index is 2.57. The lowest BCUT2D eigenvalue weighted by atomic mass is 9.76. The summed E-state index contributed by atoms with van der Waals surface area (Å²) in [6.45, 7) is 6.32. The van der Waals surface area contributed by atoms with Crippen LogP contribution in [-0.4, -0.2) is 23.1 Å². The maximum atomic E-state index is 11.7. The van der Waals surface area contributed by atoms with Gasteiger partial charge in [0.15, 0.2) is 0 Å². The molecular formula is C16H26O4. The van der Waals surface area contributed by atoms with Gasteiger partial charge in [-0.3, -0.25) is 0 Å². The van der Waals surface area contributed by atoms with Gasteiger partial charge in [0, 0.05) is 12.2 Å². The number of hydrogen-bond donors (Lipinski definition) is 1. The van der Waals surface area contributed by atoms with E-state index in [9.17, 15) is 9.59 Å². The molecule has 0 amide bonds. The average molecular weight is 282 g/mol. The number of hydrogen-bond acceptors (Lipinski definition) is 3. The summed E-state index contributed by atoms with van der Waals surface area (Å²) in [5.41, 5.74) is 0. The fraction of sp³-hybridized carbons (Fsp3) is 0.750. The number of rotatable bonds is 6. The van der Waals surface area contributed by atoms with Crippen LogP contribution in [0.15, 0.2) is 12.2 Å². The molecular weight excluding hydrogens is 256 g/mol. The molecule has 1 aliphatic rings. The summed E-state index contributed by atoms with van der Waals surface area (Å²) in [4.78, 5) is 22.1. The van der Waals surface area contributed by atoms with Gasteiger partial charge in [0.2, 0.25) is 0 Å². The molecule has 0 aromatic carbocycles. The second-order valence-electron chi connectivity index (χ2n) is 6.01. The Bertz CT molecular complexity index is 351. The third-order valence-electron chi connectivity index (χ3n) is 4.20. The standard InChI is InChI=1S/C16H26O4/c1-4-12-5-7-13(8-6-12)16(11(2)3)20-15(19)10-9-14(17)18/h9-13,16H,4-8H2,1-3H3,(H,17,18)/b10-9+. The number of aliphatic carboxylic acids is 1. The molecule has 0 radical (unpaired) electrons. The maximum absolute atomic E-state index is 11.7. The highest BCUT2D eigenvalue weighted by molar-refractivity contribution is 5.90. The summed E-state index contributed by atoms with van der Waals surface area (Å²) in [7, 11) is 0. The largest absolute Gasteiger partial charge is 0.478 e. The third-order valence-corrected chi connectivity index (χ3v) is 4.20. The number of carboxylic acids is 1. The van der Waals surface area contributed by atoms with Crippen molar-refractivity contribution in [1.29, 1.82) is 0 Å². The molecule has 1 saturated carbocycles. The van der Waals surface area contributed by atoms with Crippen LogP contribution in [0.1, 0.15) is 52.9 Å². The lowest BCUT2D eigenvalue weighted by Gasteiger charge is -2.35. The minimum Gasteiger partial charge on any atom is -0.478 e. The first-order valence-electron chi connectivity index (χ1n) is 7.55. The molecule has 0 aromatic rings. The van der Waals surface area contributed by atoms with Gasteiger partial charge in [-0.15, -0.1) is 0 Å². The van der Waals surface area contributed by atoms with Crippen molar-refractivity contribution in [1.82, 2.24) is 0 Å². The van der Waals surface area contributed by atoms with Gasteiger partial charge < -0.3 is 9.84 Å². The highest BCUT2D eigenvalue weighted by atomic mass is 16.5. The minimum absolute atomic E-state index is 0.112. The van der Waals surface area contributed by atoms with Crippen molar-refractivity contribution < 1.29 is 19.4 Å². The first-order chi connectivity index (χ1) is 9.43. The zero-order valence-corrected chi connectivity index (χ0v) is 12.7. The predicted molar refractivity (Wildman–Crippen MR) is 77.2 cm³/mol. The van der Waals surface area contributed by atoms with Crippen LogP contribution < -0.4 is 0 Å². The normalized spacial score (nSPS) is 24.8. The predicted octanol–water partition coefficient (Wildman–Crippen LogP) is 3.41. The molecule has 4 heteroatoms. The minimum atomic E-state index is -1.13. The monoisotopic (exact) mass is 282 g/mol. The van der Waals surface area contributed by atoms with Crippen LogP contribution in [0.4, 0.5) is 0 Å². The van der Waals surface area contributed by atoms with Crippen LogP contribution in [-0.2, 0) is 14.3 Å². The van der Waals surface area contributed by atoms with Crippen LogP contribution in [0, 0.1) is 17.8 Å². The van der Waals surface area contributed by atoms with Gasteiger partial charge in [0.05, 0.1) is 0 Å². The Morgan fingerprint density at radius 2 is 1.80 bits per heavy atom. The lowest BCUT2D eigenvalue weighted by molar-refractivity contribution is -0.150. The molecule has 1 fully saturated rings. The van der Waals surface area contributed by atoms with E-state index in [1.54, 1.807) is 0 Å². The topological polar surface area (TPSA) is 63.6 Å². The van der Waals surface area contributed by atoms with Crippen LogP contribution in [0.3, 0.4) is 0 Å². The molecule has 0 heterocycles. The SMILES string of the molecule is CCC1CCC(C(OC(=O)/C=C/C(=O)O)C(C)C)CC1. The van der Waals surface area contributed by atoms with E-state index in [0.717, 1.165) is 30.9 Å². The van der Waals surface area contributed by atoms with Gasteiger partial charge >= 0.3 is 11.9 Å². The Morgan fingerprint density at radius 1 is 1.20 bits per heavy atom. The average Bonchev–Trinajstić information content (AvgIpc) is 2.42. The van der Waals surface area contributed by atoms with Crippen LogP contribution in [0.25, 0.3) is 0 Å². The van der Waals surface area contributed by atoms with E-state index >= 15 is 0 Å². The smallest absolute Gasteiger partial charge is 0.331 e. The molecule has 1 unspecified atom stereocenters. The molecule has 1 N–H and O–H groups in total. The molecule has 0 bridgehead atoms. The number of carbonyl (C=O) groups is 2. The highest BCUT2D eigenvalue weighted by Gasteiger charge is 2.31. The van der Waals surface area contributed by atoms with Crippen molar-refractivity contribution in [3.05, 3.63) is 12.2 Å². The molecule has 0 saturated heterocycles. The van der Waals surface area contributed by atoms with E-state index < -0.39 is 11.9 Å². The number of carboxylic acid groups (broad SMARTS) is 1. The summed E-state index contributed by atoms with van der Waals surface area (Å²) >= 11 is 0. The zero-order chi connectivity index (χ0) is 15.1. The van der Waals surface area contributed by atoms with E-state index in [1.807, 2.05) is 13.8 Å². The summed E-state index contributed by atoms with van der Waals surface area (Å²) < 4.78 is 5.48. The lowest BCUT2D eigenvalue weighted by Crippen LogP contribution is -2.34. The second-order valence-corrected chi connectivity index (χ2v) is 6.01. The van der Waals surface area contributed by atoms with Gasteiger partial charge in [-0.1, -0.05) is 40.0 Å². The Hall–Kier alpha value is -1.32.